The first-order chi connectivity index (χ1) is 13.1. The van der Waals surface area contributed by atoms with Gasteiger partial charge in [-0.15, -0.1) is 0 Å². The molecule has 0 unspecified atom stereocenters. The zero-order valence-electron chi connectivity index (χ0n) is 15.8. The van der Waals surface area contributed by atoms with Crippen LogP contribution in [-0.2, 0) is 25.6 Å². The molecule has 1 saturated carbocycles. The number of benzene rings is 1. The van der Waals surface area contributed by atoms with Crippen molar-refractivity contribution < 1.29 is 23.8 Å². The third-order valence-electron chi connectivity index (χ3n) is 5.12. The molecule has 27 heavy (non-hydrogen) atoms. The van der Waals surface area contributed by atoms with Crippen LogP contribution in [0.2, 0.25) is 0 Å². The van der Waals surface area contributed by atoms with E-state index < -0.39 is 11.8 Å². The summed E-state index contributed by atoms with van der Waals surface area (Å²) in [5.41, 5.74) is -0.0359. The van der Waals surface area contributed by atoms with Gasteiger partial charge in [0.25, 0.3) is 0 Å². The highest BCUT2D eigenvalue weighted by Gasteiger charge is 2.43. The van der Waals surface area contributed by atoms with Crippen LogP contribution >= 0.6 is 0 Å². The molecule has 1 saturated heterocycles. The number of urea groups is 1. The van der Waals surface area contributed by atoms with E-state index in [1.807, 2.05) is 30.3 Å². The van der Waals surface area contributed by atoms with Crippen LogP contribution in [0.25, 0.3) is 0 Å². The predicted octanol–water partition coefficient (Wildman–Crippen LogP) is 2.45. The Hall–Kier alpha value is -2.12. The van der Waals surface area contributed by atoms with Crippen molar-refractivity contribution in [3.63, 3.8) is 0 Å². The maximum Gasteiger partial charge on any atom is 0.332 e. The summed E-state index contributed by atoms with van der Waals surface area (Å²) in [5.74, 6) is -0.360. The van der Waals surface area contributed by atoms with E-state index in [1.54, 1.807) is 7.05 Å². The number of nitrogens with zero attached hydrogens (tertiary/aromatic N) is 1. The van der Waals surface area contributed by atoms with Crippen LogP contribution in [0.4, 0.5) is 4.79 Å². The maximum atomic E-state index is 12.9. The molecule has 1 aliphatic carbocycles. The van der Waals surface area contributed by atoms with E-state index in [-0.39, 0.29) is 18.6 Å². The summed E-state index contributed by atoms with van der Waals surface area (Å²) in [7, 11) is 1.67. The topological polar surface area (TPSA) is 77.1 Å². The molecule has 3 rings (SSSR count). The number of hydrogen-bond donors (Lipinski definition) is 1. The molecular weight excluding hydrogens is 348 g/mol. The van der Waals surface area contributed by atoms with Crippen molar-refractivity contribution in [3.05, 3.63) is 35.9 Å². The van der Waals surface area contributed by atoms with Crippen LogP contribution < -0.4 is 5.32 Å². The van der Waals surface area contributed by atoms with Gasteiger partial charge in [-0.2, -0.15) is 0 Å². The van der Waals surface area contributed by atoms with Crippen LogP contribution in [0, 0.1) is 0 Å². The molecule has 1 N–H and O–H groups in total. The number of hydrogen-bond acceptors (Lipinski definition) is 5. The van der Waals surface area contributed by atoms with Crippen molar-refractivity contribution >= 4 is 12.0 Å². The highest BCUT2D eigenvalue weighted by Crippen LogP contribution is 2.30. The third-order valence-corrected chi connectivity index (χ3v) is 5.12. The maximum absolute atomic E-state index is 12.9. The number of esters is 1. The first-order valence-corrected chi connectivity index (χ1v) is 9.57. The minimum atomic E-state index is -0.963. The van der Waals surface area contributed by atoms with E-state index in [0.29, 0.717) is 32.6 Å². The fraction of sp³-hybridized carbons (Fsp3) is 0.600. The Balaban J connectivity index is 1.60. The monoisotopic (exact) mass is 376 g/mol. The Bertz CT molecular complexity index is 625. The predicted molar refractivity (Wildman–Crippen MR) is 98.9 cm³/mol. The third kappa shape index (κ3) is 5.20. The van der Waals surface area contributed by atoms with Crippen LogP contribution in [0.3, 0.4) is 0 Å². The lowest BCUT2D eigenvalue weighted by Crippen LogP contribution is -2.59. The van der Waals surface area contributed by atoms with Crippen molar-refractivity contribution in [2.45, 2.75) is 50.5 Å². The molecule has 2 amide bonds. The van der Waals surface area contributed by atoms with Crippen molar-refractivity contribution in [2.24, 2.45) is 0 Å². The second-order valence-electron chi connectivity index (χ2n) is 7.19. The molecule has 1 heterocycles. The summed E-state index contributed by atoms with van der Waals surface area (Å²) >= 11 is 0. The van der Waals surface area contributed by atoms with E-state index in [0.717, 1.165) is 24.8 Å². The Kier molecular flexibility index (Phi) is 6.68. The standard InChI is InChI=1S/C20H28N2O5/c1-22(14-17-25-12-13-26-17)19(24)21-20(10-6-3-7-11-20)18(23)27-15-16-8-4-2-5-9-16/h2,4-5,8-9,17H,3,6-7,10-15H2,1H3,(H,21,24). The lowest BCUT2D eigenvalue weighted by Gasteiger charge is -2.37. The fourth-order valence-corrected chi connectivity index (χ4v) is 3.52. The zero-order chi connectivity index (χ0) is 19.1. The number of carbonyl (C=O) groups excluding carboxylic acids is 2. The molecule has 0 spiro atoms. The van der Waals surface area contributed by atoms with Gasteiger partial charge < -0.3 is 24.4 Å². The summed E-state index contributed by atoms with van der Waals surface area (Å²) in [6.45, 7) is 1.60. The Morgan fingerprint density at radius 2 is 1.81 bits per heavy atom. The van der Waals surface area contributed by atoms with Gasteiger partial charge >= 0.3 is 12.0 Å². The van der Waals surface area contributed by atoms with Gasteiger partial charge in [-0.05, 0) is 18.4 Å². The van der Waals surface area contributed by atoms with Crippen molar-refractivity contribution in [1.82, 2.24) is 10.2 Å². The van der Waals surface area contributed by atoms with Crippen LogP contribution in [0.1, 0.15) is 37.7 Å². The average molecular weight is 376 g/mol. The minimum Gasteiger partial charge on any atom is -0.459 e. The van der Waals surface area contributed by atoms with E-state index in [9.17, 15) is 9.59 Å². The highest BCUT2D eigenvalue weighted by atomic mass is 16.7. The van der Waals surface area contributed by atoms with E-state index in [4.69, 9.17) is 14.2 Å². The fourth-order valence-electron chi connectivity index (χ4n) is 3.52. The van der Waals surface area contributed by atoms with Gasteiger partial charge in [-0.25, -0.2) is 9.59 Å². The molecule has 1 aromatic carbocycles. The molecule has 2 aliphatic rings. The molecular formula is C20H28N2O5. The van der Waals surface area contributed by atoms with Gasteiger partial charge in [0.05, 0.1) is 19.8 Å². The quantitative estimate of drug-likeness (QED) is 0.772. The molecule has 0 atom stereocenters. The SMILES string of the molecule is CN(CC1OCCO1)C(=O)NC1(C(=O)OCc2ccccc2)CCCCC1. The molecule has 0 bridgehead atoms. The summed E-state index contributed by atoms with van der Waals surface area (Å²) in [5, 5.41) is 2.94. The summed E-state index contributed by atoms with van der Waals surface area (Å²) in [6, 6.07) is 9.24. The average Bonchev–Trinajstić information content (AvgIpc) is 3.20. The number of nitrogens with one attached hydrogen (secondary N) is 1. The number of likely N-dealkylation sites (N-methyl/N-ethyl adjacent to an activating group) is 1. The second-order valence-corrected chi connectivity index (χ2v) is 7.19. The van der Waals surface area contributed by atoms with Gasteiger partial charge in [0, 0.05) is 7.05 Å². The molecule has 0 aromatic heterocycles. The first-order valence-electron chi connectivity index (χ1n) is 9.57. The van der Waals surface area contributed by atoms with Gasteiger partial charge in [-0.3, -0.25) is 0 Å². The normalized spacial score (nSPS) is 19.4. The smallest absolute Gasteiger partial charge is 0.332 e. The van der Waals surface area contributed by atoms with Gasteiger partial charge in [0.2, 0.25) is 0 Å². The van der Waals surface area contributed by atoms with Crippen molar-refractivity contribution in [3.8, 4) is 0 Å². The van der Waals surface area contributed by atoms with E-state index in [2.05, 4.69) is 5.32 Å². The number of carbonyl (C=O) groups is 2. The molecule has 0 radical (unpaired) electrons. The zero-order valence-corrected chi connectivity index (χ0v) is 15.8. The summed E-state index contributed by atoms with van der Waals surface area (Å²) in [6.07, 6.45) is 3.61. The van der Waals surface area contributed by atoms with E-state index in [1.165, 1.54) is 4.90 Å². The second kappa shape index (κ2) is 9.19. The molecule has 7 nitrogen and oxygen atoms in total. The van der Waals surface area contributed by atoms with E-state index >= 15 is 0 Å². The molecule has 148 valence electrons. The Morgan fingerprint density at radius 3 is 2.48 bits per heavy atom. The molecule has 1 aliphatic heterocycles. The first kappa shape index (κ1) is 19.6. The molecule has 2 fully saturated rings. The van der Waals surface area contributed by atoms with Crippen LogP contribution in [0.15, 0.2) is 30.3 Å². The lowest BCUT2D eigenvalue weighted by molar-refractivity contribution is -0.154. The van der Waals surface area contributed by atoms with Gasteiger partial charge in [0.1, 0.15) is 12.1 Å². The minimum absolute atomic E-state index is 0.205. The Morgan fingerprint density at radius 1 is 1.15 bits per heavy atom. The van der Waals surface area contributed by atoms with Crippen LogP contribution in [0.5, 0.6) is 0 Å². The summed E-state index contributed by atoms with van der Waals surface area (Å²) < 4.78 is 16.3. The Labute approximate surface area is 160 Å². The van der Waals surface area contributed by atoms with Gasteiger partial charge in [0.15, 0.2) is 6.29 Å². The summed E-state index contributed by atoms with van der Waals surface area (Å²) in [4.78, 5) is 27.1. The number of amides is 2. The lowest BCUT2D eigenvalue weighted by atomic mass is 9.81. The molecule has 7 heteroatoms. The van der Waals surface area contributed by atoms with Crippen molar-refractivity contribution in [1.29, 1.82) is 0 Å². The molecule has 1 aromatic rings. The van der Waals surface area contributed by atoms with Crippen molar-refractivity contribution in [2.75, 3.05) is 26.8 Å². The highest BCUT2D eigenvalue weighted by molar-refractivity contribution is 5.87. The largest absolute Gasteiger partial charge is 0.459 e. The number of rotatable bonds is 6. The van der Waals surface area contributed by atoms with Crippen LogP contribution in [-0.4, -0.2) is 55.5 Å². The number of ether oxygens (including phenoxy) is 3. The van der Waals surface area contributed by atoms with Gasteiger partial charge in [-0.1, -0.05) is 49.6 Å².